The molecule has 4 saturated carbocycles. The van der Waals surface area contributed by atoms with Crippen molar-refractivity contribution >= 4 is 0 Å². The first kappa shape index (κ1) is 20.8. The lowest BCUT2D eigenvalue weighted by atomic mass is 9.48. The largest absolute Gasteiger partial charge is 0.491 e. The van der Waals surface area contributed by atoms with Gasteiger partial charge in [-0.1, -0.05) is 12.1 Å². The number of likely N-dealkylation sites (N-methyl/N-ethyl adjacent to an activating group) is 1. The third-order valence-electron chi connectivity index (χ3n) is 8.46. The number of aliphatic hydroxyl groups excluding tert-OH is 1. The van der Waals surface area contributed by atoms with E-state index in [-0.39, 0.29) is 12.2 Å². The van der Waals surface area contributed by atoms with Crippen molar-refractivity contribution in [1.29, 1.82) is 0 Å². The molecule has 0 aromatic heterocycles. The lowest BCUT2D eigenvalue weighted by molar-refractivity contribution is -0.926. The van der Waals surface area contributed by atoms with Crippen LogP contribution in [0.15, 0.2) is 24.3 Å². The number of morpholine rings is 1. The Kier molecular flexibility index (Phi) is 5.40. The standard InChI is InChI=1S/C26H40NO3/c1-18-14-27(3,15-19(2)30-18)16-24(28)17-29-25-6-4-23(5-7-25)26-11-20-8-21(12-26)10-22(9-20)13-26/h4-7,18-22,24,28H,8-17H2,1-3H3/q+1/t18-,19+,20?,21?,22?,24-,26?,27?/m1/s1. The van der Waals surface area contributed by atoms with Crippen molar-refractivity contribution in [2.75, 3.05) is 33.3 Å². The van der Waals surface area contributed by atoms with Gasteiger partial charge in [-0.05, 0) is 93.2 Å². The van der Waals surface area contributed by atoms with Gasteiger partial charge in [-0.25, -0.2) is 0 Å². The molecular weight excluding hydrogens is 374 g/mol. The molecule has 5 fully saturated rings. The number of hydrogen-bond donors (Lipinski definition) is 1. The number of quaternary nitrogens is 1. The molecule has 1 aliphatic heterocycles. The van der Waals surface area contributed by atoms with Crippen LogP contribution in [-0.2, 0) is 10.2 Å². The van der Waals surface area contributed by atoms with Gasteiger partial charge in [0, 0.05) is 0 Å². The molecule has 1 aromatic rings. The minimum Gasteiger partial charge on any atom is -0.491 e. The molecule has 0 amide bonds. The van der Waals surface area contributed by atoms with E-state index in [2.05, 4.69) is 45.2 Å². The van der Waals surface area contributed by atoms with Crippen LogP contribution >= 0.6 is 0 Å². The van der Waals surface area contributed by atoms with Crippen molar-refractivity contribution < 1.29 is 19.1 Å². The summed E-state index contributed by atoms with van der Waals surface area (Å²) >= 11 is 0. The summed E-state index contributed by atoms with van der Waals surface area (Å²) in [6.45, 7) is 7.21. The average Bonchev–Trinajstić information content (AvgIpc) is 2.64. The van der Waals surface area contributed by atoms with Crippen LogP contribution < -0.4 is 4.74 Å². The highest BCUT2D eigenvalue weighted by Gasteiger charge is 2.51. The first-order valence-corrected chi connectivity index (χ1v) is 12.2. The molecule has 1 aromatic carbocycles. The van der Waals surface area contributed by atoms with Gasteiger partial charge in [0.2, 0.25) is 0 Å². The molecule has 166 valence electrons. The van der Waals surface area contributed by atoms with Crippen molar-refractivity contribution in [2.24, 2.45) is 17.8 Å². The molecule has 4 heteroatoms. The van der Waals surface area contributed by atoms with E-state index in [4.69, 9.17) is 9.47 Å². The van der Waals surface area contributed by atoms with E-state index in [0.29, 0.717) is 18.6 Å². The van der Waals surface area contributed by atoms with Crippen LogP contribution in [0.25, 0.3) is 0 Å². The average molecular weight is 415 g/mol. The Morgan fingerprint density at radius 3 is 2.07 bits per heavy atom. The molecule has 1 saturated heterocycles. The number of ether oxygens (including phenoxy) is 2. The van der Waals surface area contributed by atoms with Gasteiger partial charge in [-0.2, -0.15) is 0 Å². The maximum Gasteiger partial charge on any atom is 0.137 e. The van der Waals surface area contributed by atoms with Crippen LogP contribution in [0.3, 0.4) is 0 Å². The Bertz CT molecular complexity index is 700. The Morgan fingerprint density at radius 1 is 1.00 bits per heavy atom. The fourth-order valence-electron chi connectivity index (χ4n) is 8.07. The highest BCUT2D eigenvalue weighted by Crippen LogP contribution is 2.60. The molecule has 6 rings (SSSR count). The molecule has 1 heterocycles. The van der Waals surface area contributed by atoms with Crippen LogP contribution in [0.2, 0.25) is 0 Å². The zero-order valence-corrected chi connectivity index (χ0v) is 19.1. The predicted molar refractivity (Wildman–Crippen MR) is 119 cm³/mol. The fourth-order valence-corrected chi connectivity index (χ4v) is 8.07. The Hall–Kier alpha value is -1.10. The number of benzene rings is 1. The van der Waals surface area contributed by atoms with E-state index >= 15 is 0 Å². The number of nitrogens with zero attached hydrogens (tertiary/aromatic N) is 1. The molecule has 5 aliphatic rings. The van der Waals surface area contributed by atoms with Crippen molar-refractivity contribution in [2.45, 2.75) is 76.1 Å². The summed E-state index contributed by atoms with van der Waals surface area (Å²) < 4.78 is 12.7. The lowest BCUT2D eigenvalue weighted by Crippen LogP contribution is -2.60. The molecule has 0 spiro atoms. The van der Waals surface area contributed by atoms with E-state index in [9.17, 15) is 5.11 Å². The quantitative estimate of drug-likeness (QED) is 0.711. The minimum atomic E-state index is -0.463. The van der Waals surface area contributed by atoms with Crippen LogP contribution in [0.5, 0.6) is 5.75 Å². The van der Waals surface area contributed by atoms with E-state index in [1.54, 1.807) is 0 Å². The first-order valence-electron chi connectivity index (χ1n) is 12.2. The van der Waals surface area contributed by atoms with Crippen LogP contribution in [-0.4, -0.2) is 61.2 Å². The van der Waals surface area contributed by atoms with Gasteiger partial charge in [0.25, 0.3) is 0 Å². The number of hydrogen-bond acceptors (Lipinski definition) is 3. The van der Waals surface area contributed by atoms with E-state index < -0.39 is 6.10 Å². The second kappa shape index (κ2) is 7.79. The molecule has 1 N–H and O–H groups in total. The molecular formula is C26H40NO3+. The third kappa shape index (κ3) is 4.16. The summed E-state index contributed by atoms with van der Waals surface area (Å²) in [7, 11) is 2.22. The first-order chi connectivity index (χ1) is 14.3. The van der Waals surface area contributed by atoms with Gasteiger partial charge >= 0.3 is 0 Å². The van der Waals surface area contributed by atoms with Crippen molar-refractivity contribution in [1.82, 2.24) is 0 Å². The second-order valence-electron chi connectivity index (χ2n) is 11.6. The monoisotopic (exact) mass is 414 g/mol. The minimum absolute atomic E-state index is 0.240. The zero-order valence-electron chi connectivity index (χ0n) is 19.1. The van der Waals surface area contributed by atoms with Crippen molar-refractivity contribution in [3.05, 3.63) is 29.8 Å². The third-order valence-corrected chi connectivity index (χ3v) is 8.46. The van der Waals surface area contributed by atoms with Gasteiger partial charge in [-0.15, -0.1) is 0 Å². The Labute approximate surface area is 182 Å². The van der Waals surface area contributed by atoms with Crippen molar-refractivity contribution in [3.8, 4) is 5.75 Å². The Balaban J connectivity index is 1.17. The van der Waals surface area contributed by atoms with E-state index in [0.717, 1.165) is 41.1 Å². The molecule has 4 aliphatic carbocycles. The number of aliphatic hydroxyl groups is 1. The fraction of sp³-hybridized carbons (Fsp3) is 0.769. The molecule has 0 radical (unpaired) electrons. The van der Waals surface area contributed by atoms with Crippen molar-refractivity contribution in [3.63, 3.8) is 0 Å². The second-order valence-corrected chi connectivity index (χ2v) is 11.6. The molecule has 30 heavy (non-hydrogen) atoms. The molecule has 4 atom stereocenters. The summed E-state index contributed by atoms with van der Waals surface area (Å²) in [6, 6.07) is 8.90. The van der Waals surface area contributed by atoms with Crippen LogP contribution in [0.1, 0.15) is 57.9 Å². The smallest absolute Gasteiger partial charge is 0.137 e. The lowest BCUT2D eigenvalue weighted by Gasteiger charge is -2.57. The summed E-state index contributed by atoms with van der Waals surface area (Å²) in [6.07, 6.45) is 8.67. The topological polar surface area (TPSA) is 38.7 Å². The van der Waals surface area contributed by atoms with Crippen LogP contribution in [0.4, 0.5) is 0 Å². The zero-order chi connectivity index (χ0) is 20.9. The van der Waals surface area contributed by atoms with Gasteiger partial charge < -0.3 is 19.1 Å². The van der Waals surface area contributed by atoms with E-state index in [1.165, 1.54) is 44.1 Å². The van der Waals surface area contributed by atoms with E-state index in [1.807, 2.05) is 0 Å². The normalized spacial score (nSPS) is 43.5. The highest BCUT2D eigenvalue weighted by molar-refractivity contribution is 5.34. The molecule has 4 bridgehead atoms. The highest BCUT2D eigenvalue weighted by atomic mass is 16.5. The maximum atomic E-state index is 10.6. The summed E-state index contributed by atoms with van der Waals surface area (Å²) in [5, 5.41) is 10.6. The summed E-state index contributed by atoms with van der Waals surface area (Å²) in [5.41, 5.74) is 1.97. The van der Waals surface area contributed by atoms with Gasteiger partial charge in [0.1, 0.15) is 50.3 Å². The summed E-state index contributed by atoms with van der Waals surface area (Å²) in [4.78, 5) is 0. The number of rotatable bonds is 6. The Morgan fingerprint density at radius 2 is 1.53 bits per heavy atom. The van der Waals surface area contributed by atoms with Gasteiger partial charge in [0.15, 0.2) is 0 Å². The van der Waals surface area contributed by atoms with Crippen LogP contribution in [0, 0.1) is 17.8 Å². The van der Waals surface area contributed by atoms with Gasteiger partial charge in [0.05, 0.1) is 7.05 Å². The molecule has 1 unspecified atom stereocenters. The maximum absolute atomic E-state index is 10.6. The van der Waals surface area contributed by atoms with Gasteiger partial charge in [-0.3, -0.25) is 0 Å². The SMILES string of the molecule is C[C@@H]1C[N+](C)(C[C@@H](O)COc2ccc(C34CC5CC(CC(C5)C3)C4)cc2)C[C@H](C)O1. The molecule has 4 nitrogen and oxygen atoms in total. The predicted octanol–water partition coefficient (Wildman–Crippen LogP) is 4.15. The summed E-state index contributed by atoms with van der Waals surface area (Å²) in [5.74, 6) is 3.79.